The van der Waals surface area contributed by atoms with E-state index in [1.807, 2.05) is 6.92 Å². The molecule has 0 radical (unpaired) electrons. The van der Waals surface area contributed by atoms with Gasteiger partial charge in [0.1, 0.15) is 5.82 Å². The minimum absolute atomic E-state index is 0.101. The van der Waals surface area contributed by atoms with Gasteiger partial charge in [-0.1, -0.05) is 55.9 Å². The summed E-state index contributed by atoms with van der Waals surface area (Å²) in [6.45, 7) is 6.34. The number of nitrogens with zero attached hydrogens (tertiary/aromatic N) is 4. The molecule has 1 heterocycles. The molecule has 2 aromatic carbocycles. The van der Waals surface area contributed by atoms with Crippen LogP contribution in [0.1, 0.15) is 37.9 Å². The molecule has 1 aromatic heterocycles. The first-order chi connectivity index (χ1) is 13.9. The Labute approximate surface area is 173 Å². The molecule has 0 fully saturated rings. The standard InChI is InChI=1S/C21H24FN5OS/c1-14(2)11-16-7-9-17(10-8-16)15(3)23-20(28)13-29-21-24-25-26-27(21)19-6-4-5-18(22)12-19/h4-10,12,14-15H,11,13H2,1-3H3,(H,23,28)/t15-/m0/s1. The molecule has 1 atom stereocenters. The summed E-state index contributed by atoms with van der Waals surface area (Å²) in [6.07, 6.45) is 1.04. The average molecular weight is 414 g/mol. The van der Waals surface area contributed by atoms with Crippen molar-refractivity contribution in [3.8, 4) is 5.69 Å². The highest BCUT2D eigenvalue weighted by molar-refractivity contribution is 7.99. The molecule has 29 heavy (non-hydrogen) atoms. The maximum absolute atomic E-state index is 13.4. The number of aromatic nitrogens is 4. The molecule has 0 aliphatic heterocycles. The number of thioether (sulfide) groups is 1. The highest BCUT2D eigenvalue weighted by Crippen LogP contribution is 2.20. The molecule has 3 aromatic rings. The van der Waals surface area contributed by atoms with Crippen LogP contribution in [0.5, 0.6) is 0 Å². The normalized spacial score (nSPS) is 12.2. The second-order valence-electron chi connectivity index (χ2n) is 7.27. The van der Waals surface area contributed by atoms with Crippen molar-refractivity contribution in [1.82, 2.24) is 25.5 Å². The minimum Gasteiger partial charge on any atom is -0.349 e. The lowest BCUT2D eigenvalue weighted by molar-refractivity contribution is -0.119. The SMILES string of the molecule is CC(C)Cc1ccc([C@H](C)NC(=O)CSc2nnnn2-c2cccc(F)c2)cc1. The van der Waals surface area contributed by atoms with Crippen molar-refractivity contribution >= 4 is 17.7 Å². The summed E-state index contributed by atoms with van der Waals surface area (Å²) in [5.74, 6) is 0.271. The summed E-state index contributed by atoms with van der Waals surface area (Å²) in [6, 6.07) is 14.2. The molecule has 8 heteroatoms. The van der Waals surface area contributed by atoms with Gasteiger partial charge in [-0.3, -0.25) is 4.79 Å². The lowest BCUT2D eigenvalue weighted by atomic mass is 10.00. The lowest BCUT2D eigenvalue weighted by Crippen LogP contribution is -2.28. The van der Waals surface area contributed by atoms with Gasteiger partial charge < -0.3 is 5.32 Å². The Hall–Kier alpha value is -2.74. The quantitative estimate of drug-likeness (QED) is 0.566. The summed E-state index contributed by atoms with van der Waals surface area (Å²) in [4.78, 5) is 12.4. The van der Waals surface area contributed by atoms with Gasteiger partial charge in [0, 0.05) is 0 Å². The number of tetrazole rings is 1. The van der Waals surface area contributed by atoms with E-state index in [-0.39, 0.29) is 23.5 Å². The van der Waals surface area contributed by atoms with Crippen molar-refractivity contribution in [3.63, 3.8) is 0 Å². The first kappa shape index (κ1) is 21.0. The highest BCUT2D eigenvalue weighted by Gasteiger charge is 2.14. The third-order valence-electron chi connectivity index (χ3n) is 4.33. The van der Waals surface area contributed by atoms with Crippen molar-refractivity contribution in [2.75, 3.05) is 5.75 Å². The van der Waals surface area contributed by atoms with Crippen molar-refractivity contribution in [3.05, 3.63) is 65.5 Å². The first-order valence-corrected chi connectivity index (χ1v) is 10.5. The van der Waals surface area contributed by atoms with E-state index in [1.54, 1.807) is 12.1 Å². The van der Waals surface area contributed by atoms with Crippen LogP contribution in [0.15, 0.2) is 53.7 Å². The zero-order valence-corrected chi connectivity index (χ0v) is 17.5. The molecule has 0 aliphatic carbocycles. The molecule has 0 bridgehead atoms. The van der Waals surface area contributed by atoms with E-state index in [0.717, 1.165) is 12.0 Å². The monoisotopic (exact) mass is 413 g/mol. The fourth-order valence-corrected chi connectivity index (χ4v) is 3.65. The average Bonchev–Trinajstić information content (AvgIpc) is 3.15. The maximum Gasteiger partial charge on any atom is 0.230 e. The topological polar surface area (TPSA) is 72.7 Å². The third kappa shape index (κ3) is 5.87. The maximum atomic E-state index is 13.4. The number of carbonyl (C=O) groups is 1. The van der Waals surface area contributed by atoms with E-state index in [2.05, 4.69) is 59.0 Å². The van der Waals surface area contributed by atoms with Gasteiger partial charge in [0.05, 0.1) is 17.5 Å². The fourth-order valence-electron chi connectivity index (χ4n) is 2.95. The minimum atomic E-state index is -0.375. The van der Waals surface area contributed by atoms with Gasteiger partial charge in [-0.05, 0) is 59.0 Å². The number of halogens is 1. The molecule has 1 amide bonds. The second kappa shape index (κ2) is 9.65. The Morgan fingerprint density at radius 1 is 1.17 bits per heavy atom. The van der Waals surface area contributed by atoms with Gasteiger partial charge in [0.25, 0.3) is 0 Å². The number of hydrogen-bond acceptors (Lipinski definition) is 5. The Morgan fingerprint density at radius 3 is 2.62 bits per heavy atom. The molecule has 0 unspecified atom stereocenters. The van der Waals surface area contributed by atoms with Gasteiger partial charge in [-0.2, -0.15) is 4.68 Å². The van der Waals surface area contributed by atoms with Gasteiger partial charge in [0.15, 0.2) is 0 Å². The molecule has 0 saturated carbocycles. The van der Waals surface area contributed by atoms with Gasteiger partial charge in [0.2, 0.25) is 11.1 Å². The van der Waals surface area contributed by atoms with Crippen molar-refractivity contribution in [2.24, 2.45) is 5.92 Å². The van der Waals surface area contributed by atoms with Crippen molar-refractivity contribution < 1.29 is 9.18 Å². The third-order valence-corrected chi connectivity index (χ3v) is 5.25. The molecule has 0 saturated heterocycles. The Bertz CT molecular complexity index is 958. The van der Waals surface area contributed by atoms with Crippen LogP contribution in [0.3, 0.4) is 0 Å². The van der Waals surface area contributed by atoms with E-state index in [0.29, 0.717) is 16.8 Å². The summed E-state index contributed by atoms with van der Waals surface area (Å²) in [7, 11) is 0. The van der Waals surface area contributed by atoms with E-state index in [4.69, 9.17) is 0 Å². The van der Waals surface area contributed by atoms with Gasteiger partial charge in [-0.15, -0.1) is 5.10 Å². The fraction of sp³-hybridized carbons (Fsp3) is 0.333. The van der Waals surface area contributed by atoms with E-state index >= 15 is 0 Å². The molecule has 3 rings (SSSR count). The number of hydrogen-bond donors (Lipinski definition) is 1. The van der Waals surface area contributed by atoms with Gasteiger partial charge >= 0.3 is 0 Å². The van der Waals surface area contributed by atoms with Crippen LogP contribution in [-0.2, 0) is 11.2 Å². The summed E-state index contributed by atoms with van der Waals surface area (Å²) >= 11 is 1.20. The number of amides is 1. The second-order valence-corrected chi connectivity index (χ2v) is 8.21. The Kier molecular flexibility index (Phi) is 6.98. The van der Waals surface area contributed by atoms with E-state index in [1.165, 1.54) is 34.1 Å². The molecule has 1 N–H and O–H groups in total. The molecular weight excluding hydrogens is 389 g/mol. The van der Waals surface area contributed by atoms with Crippen LogP contribution in [-0.4, -0.2) is 31.9 Å². The number of carbonyl (C=O) groups excluding carboxylic acids is 1. The van der Waals surface area contributed by atoms with Crippen LogP contribution < -0.4 is 5.32 Å². The zero-order valence-electron chi connectivity index (χ0n) is 16.7. The summed E-state index contributed by atoms with van der Waals surface area (Å²) < 4.78 is 14.9. The van der Waals surface area contributed by atoms with Crippen LogP contribution in [0.4, 0.5) is 4.39 Å². The molecule has 0 spiro atoms. The number of benzene rings is 2. The Balaban J connectivity index is 1.56. The zero-order chi connectivity index (χ0) is 20.8. The smallest absolute Gasteiger partial charge is 0.230 e. The predicted octanol–water partition coefficient (Wildman–Crippen LogP) is 3.97. The predicted molar refractivity (Wildman–Crippen MR) is 111 cm³/mol. The van der Waals surface area contributed by atoms with Crippen LogP contribution in [0.2, 0.25) is 0 Å². The largest absolute Gasteiger partial charge is 0.349 e. The van der Waals surface area contributed by atoms with Crippen LogP contribution >= 0.6 is 11.8 Å². The van der Waals surface area contributed by atoms with Crippen LogP contribution in [0, 0.1) is 11.7 Å². The first-order valence-electron chi connectivity index (χ1n) is 9.47. The molecular formula is C21H24FN5OS. The number of nitrogens with one attached hydrogen (secondary N) is 1. The molecule has 152 valence electrons. The van der Waals surface area contributed by atoms with Crippen molar-refractivity contribution in [1.29, 1.82) is 0 Å². The Morgan fingerprint density at radius 2 is 1.93 bits per heavy atom. The van der Waals surface area contributed by atoms with E-state index in [9.17, 15) is 9.18 Å². The molecule has 0 aliphatic rings. The highest BCUT2D eigenvalue weighted by atomic mass is 32.2. The lowest BCUT2D eigenvalue weighted by Gasteiger charge is -2.15. The van der Waals surface area contributed by atoms with Crippen molar-refractivity contribution in [2.45, 2.75) is 38.4 Å². The van der Waals surface area contributed by atoms with Crippen LogP contribution in [0.25, 0.3) is 5.69 Å². The van der Waals surface area contributed by atoms with Gasteiger partial charge in [-0.25, -0.2) is 4.39 Å². The van der Waals surface area contributed by atoms with E-state index < -0.39 is 0 Å². The molecule has 6 nitrogen and oxygen atoms in total. The summed E-state index contributed by atoms with van der Waals surface area (Å²) in [5, 5.41) is 14.9. The number of rotatable bonds is 8. The summed E-state index contributed by atoms with van der Waals surface area (Å²) in [5.41, 5.74) is 2.86.